The summed E-state index contributed by atoms with van der Waals surface area (Å²) in [6, 6.07) is 11.5. The SMILES string of the molecule is O=C(Nc1ccc(CC23C=C4C=CC(=N4)C=c4ccc([nH]4)=CC4=NC(=CC(=CC2)N3)C=C4)cc1)c1n[nH]cc1[N+](=O)[O-]. The highest BCUT2D eigenvalue weighted by Gasteiger charge is 2.33. The third-order valence-corrected chi connectivity index (χ3v) is 7.27. The Bertz CT molecular complexity index is 1980. The molecule has 3 aromatic rings. The van der Waals surface area contributed by atoms with Gasteiger partial charge in [0.2, 0.25) is 5.69 Å². The number of allylic oxidation sites excluding steroid dienone is 5. The number of carbonyl (C=O) groups is 1. The molecular weight excluding hydrogens is 532 g/mol. The first-order valence-corrected chi connectivity index (χ1v) is 13.3. The summed E-state index contributed by atoms with van der Waals surface area (Å²) in [6.45, 7) is 0. The van der Waals surface area contributed by atoms with Gasteiger partial charge in [0.1, 0.15) is 6.20 Å². The second-order valence-electron chi connectivity index (χ2n) is 10.4. The van der Waals surface area contributed by atoms with Crippen LogP contribution < -0.4 is 21.3 Å². The topological polar surface area (TPSA) is 153 Å². The number of anilines is 1. The molecule has 4 aliphatic rings. The molecule has 6 heterocycles. The lowest BCUT2D eigenvalue weighted by Crippen LogP contribution is -2.40. The van der Waals surface area contributed by atoms with Crippen LogP contribution in [0.25, 0.3) is 12.2 Å². The number of aromatic nitrogens is 3. The number of fused-ring (bicyclic) bond motifs is 6. The third kappa shape index (κ3) is 5.06. The number of amides is 1. The minimum atomic E-state index is -0.658. The zero-order valence-corrected chi connectivity index (χ0v) is 22.2. The predicted molar refractivity (Wildman–Crippen MR) is 160 cm³/mol. The highest BCUT2D eigenvalue weighted by atomic mass is 16.6. The Morgan fingerprint density at radius 2 is 1.67 bits per heavy atom. The maximum Gasteiger partial charge on any atom is 0.319 e. The zero-order valence-electron chi connectivity index (χ0n) is 22.2. The van der Waals surface area contributed by atoms with E-state index in [-0.39, 0.29) is 11.4 Å². The highest BCUT2D eigenvalue weighted by Crippen LogP contribution is 2.31. The molecule has 1 unspecified atom stereocenters. The Labute approximate surface area is 239 Å². The fourth-order valence-corrected chi connectivity index (χ4v) is 5.36. The van der Waals surface area contributed by atoms with E-state index in [9.17, 15) is 14.9 Å². The van der Waals surface area contributed by atoms with Crippen LogP contribution in [-0.2, 0) is 6.42 Å². The second-order valence-corrected chi connectivity index (χ2v) is 10.4. The molecular formula is C31H24N8O3. The van der Waals surface area contributed by atoms with Crippen molar-refractivity contribution in [2.24, 2.45) is 9.98 Å². The van der Waals surface area contributed by atoms with Gasteiger partial charge in [-0.15, -0.1) is 0 Å². The van der Waals surface area contributed by atoms with Crippen molar-refractivity contribution in [3.63, 3.8) is 0 Å². The van der Waals surface area contributed by atoms with E-state index in [1.807, 2.05) is 66.8 Å². The zero-order chi connectivity index (χ0) is 28.7. The molecule has 0 saturated heterocycles. The number of aliphatic imine (C=N–C) groups is 2. The monoisotopic (exact) mass is 556 g/mol. The molecule has 0 saturated carbocycles. The molecule has 0 aliphatic carbocycles. The first-order chi connectivity index (χ1) is 20.4. The van der Waals surface area contributed by atoms with E-state index in [2.05, 4.69) is 38.0 Å². The quantitative estimate of drug-likeness (QED) is 0.281. The first kappa shape index (κ1) is 25.1. The first-order valence-electron chi connectivity index (χ1n) is 13.3. The van der Waals surface area contributed by atoms with Crippen LogP contribution in [0.15, 0.2) is 112 Å². The standard InChI is InChI=1S/C31H24N8O3/c40-30(29-28(39(41)42)18-32-38-29)36-20-3-1-19(2-4-20)16-31-12-11-26(37-31)15-25-8-7-22(34-25)13-21-5-6-23(33-21)14-24-9-10-27(17-31)35-24/h1-11,13-15,17-18,33,37H,12,16H2,(H,32,38)(H,36,40). The molecule has 0 radical (unpaired) electrons. The van der Waals surface area contributed by atoms with Gasteiger partial charge in [-0.05, 0) is 91.3 Å². The van der Waals surface area contributed by atoms with Crippen LogP contribution in [0.4, 0.5) is 11.4 Å². The molecule has 2 aromatic heterocycles. The molecule has 206 valence electrons. The molecule has 0 spiro atoms. The van der Waals surface area contributed by atoms with Crippen LogP contribution in [0.1, 0.15) is 22.5 Å². The number of carbonyl (C=O) groups excluding carboxylic acids is 1. The van der Waals surface area contributed by atoms with Crippen LogP contribution >= 0.6 is 0 Å². The van der Waals surface area contributed by atoms with Gasteiger partial charge < -0.3 is 15.6 Å². The third-order valence-electron chi connectivity index (χ3n) is 7.27. The summed E-state index contributed by atoms with van der Waals surface area (Å²) in [5.41, 5.74) is 4.90. The molecule has 1 atom stereocenters. The largest absolute Gasteiger partial charge is 0.376 e. The molecule has 11 heteroatoms. The number of aromatic amines is 2. The van der Waals surface area contributed by atoms with E-state index >= 15 is 0 Å². The molecule has 1 amide bonds. The fourth-order valence-electron chi connectivity index (χ4n) is 5.36. The van der Waals surface area contributed by atoms with Gasteiger partial charge in [0, 0.05) is 22.1 Å². The van der Waals surface area contributed by atoms with Crippen molar-refractivity contribution in [2.45, 2.75) is 18.4 Å². The number of hydrogen-bond acceptors (Lipinski definition) is 7. The Balaban J connectivity index is 1.17. The summed E-state index contributed by atoms with van der Waals surface area (Å²) in [5, 5.41) is 25.6. The number of H-pyrrole nitrogens is 2. The van der Waals surface area contributed by atoms with Crippen molar-refractivity contribution in [3.8, 4) is 0 Å². The smallest absolute Gasteiger partial charge is 0.319 e. The Hall–Kier alpha value is -5.84. The van der Waals surface area contributed by atoms with Crippen LogP contribution in [-0.4, -0.2) is 43.0 Å². The molecule has 42 heavy (non-hydrogen) atoms. The molecule has 4 N–H and O–H groups in total. The number of rotatable bonds is 5. The van der Waals surface area contributed by atoms with Crippen molar-refractivity contribution < 1.29 is 9.72 Å². The Morgan fingerprint density at radius 3 is 2.40 bits per heavy atom. The summed E-state index contributed by atoms with van der Waals surface area (Å²) in [4.78, 5) is 36.1. The van der Waals surface area contributed by atoms with Gasteiger partial charge in [-0.3, -0.25) is 20.0 Å². The van der Waals surface area contributed by atoms with Crippen LogP contribution in [0.2, 0.25) is 0 Å². The number of hydrogen-bond donors (Lipinski definition) is 4. The van der Waals surface area contributed by atoms with Crippen molar-refractivity contribution in [1.82, 2.24) is 20.5 Å². The van der Waals surface area contributed by atoms with E-state index in [1.54, 1.807) is 12.1 Å². The lowest BCUT2D eigenvalue weighted by molar-refractivity contribution is -0.385. The summed E-state index contributed by atoms with van der Waals surface area (Å²) in [7, 11) is 0. The summed E-state index contributed by atoms with van der Waals surface area (Å²) in [5.74, 6) is -0.658. The lowest BCUT2D eigenvalue weighted by Gasteiger charge is -2.28. The van der Waals surface area contributed by atoms with E-state index in [4.69, 9.17) is 9.98 Å². The molecule has 4 aliphatic heterocycles. The van der Waals surface area contributed by atoms with E-state index in [0.717, 1.165) is 57.4 Å². The van der Waals surface area contributed by atoms with E-state index in [0.29, 0.717) is 12.1 Å². The summed E-state index contributed by atoms with van der Waals surface area (Å²) in [6.07, 6.45) is 20.9. The fraction of sp³-hybridized carbons (Fsp3) is 0.0968. The number of benzene rings is 1. The Kier molecular flexibility index (Phi) is 5.97. The van der Waals surface area contributed by atoms with Crippen molar-refractivity contribution in [1.29, 1.82) is 0 Å². The van der Waals surface area contributed by atoms with Crippen LogP contribution in [0.3, 0.4) is 0 Å². The molecule has 8 bridgehead atoms. The van der Waals surface area contributed by atoms with E-state index < -0.39 is 16.4 Å². The van der Waals surface area contributed by atoms with Gasteiger partial charge in [-0.2, -0.15) is 5.10 Å². The average molecular weight is 557 g/mol. The van der Waals surface area contributed by atoms with Crippen molar-refractivity contribution in [3.05, 3.63) is 134 Å². The molecule has 0 fully saturated rings. The Morgan fingerprint density at radius 1 is 0.952 bits per heavy atom. The predicted octanol–water partition coefficient (Wildman–Crippen LogP) is 3.12. The van der Waals surface area contributed by atoms with Crippen molar-refractivity contribution >= 4 is 40.9 Å². The van der Waals surface area contributed by atoms with Crippen molar-refractivity contribution in [2.75, 3.05) is 5.32 Å². The summed E-state index contributed by atoms with van der Waals surface area (Å²) < 4.78 is 0. The maximum atomic E-state index is 12.6. The minimum absolute atomic E-state index is 0.270. The van der Waals surface area contributed by atoms with Gasteiger partial charge in [0.05, 0.1) is 33.3 Å². The van der Waals surface area contributed by atoms with Gasteiger partial charge in [0.15, 0.2) is 0 Å². The minimum Gasteiger partial charge on any atom is -0.376 e. The average Bonchev–Trinajstić information content (AvgIpc) is 3.79. The van der Waals surface area contributed by atoms with Crippen LogP contribution in [0.5, 0.6) is 0 Å². The summed E-state index contributed by atoms with van der Waals surface area (Å²) >= 11 is 0. The van der Waals surface area contributed by atoms with Gasteiger partial charge in [-0.1, -0.05) is 18.2 Å². The number of nitro groups is 1. The number of nitrogens with one attached hydrogen (secondary N) is 4. The molecule has 7 rings (SSSR count). The second kappa shape index (κ2) is 9.97. The van der Waals surface area contributed by atoms with Gasteiger partial charge in [-0.25, -0.2) is 9.98 Å². The number of nitrogens with zero attached hydrogens (tertiary/aromatic N) is 4. The van der Waals surface area contributed by atoms with Gasteiger partial charge >= 0.3 is 5.69 Å². The molecule has 11 nitrogen and oxygen atoms in total. The lowest BCUT2D eigenvalue weighted by atomic mass is 9.88. The van der Waals surface area contributed by atoms with Gasteiger partial charge in [0.25, 0.3) is 5.91 Å². The molecule has 1 aromatic carbocycles. The van der Waals surface area contributed by atoms with Crippen LogP contribution in [0, 0.1) is 10.1 Å². The van der Waals surface area contributed by atoms with E-state index in [1.165, 1.54) is 0 Å². The normalized spacial score (nSPS) is 20.0. The maximum absolute atomic E-state index is 12.6. The highest BCUT2D eigenvalue weighted by molar-refractivity contribution is 6.20.